The molecule has 2 aromatic heterocycles. The van der Waals surface area contributed by atoms with Crippen LogP contribution in [0.5, 0.6) is 0 Å². The molecule has 6 aromatic rings. The van der Waals surface area contributed by atoms with E-state index in [2.05, 4.69) is 82.1 Å². The smallest absolute Gasteiger partial charge is 0.232 e. The number of aryl methyl sites for hydroxylation is 4. The monoisotopic (exact) mass is 726 g/mol. The summed E-state index contributed by atoms with van der Waals surface area (Å²) in [6.45, 7) is 10.8. The van der Waals surface area contributed by atoms with Crippen LogP contribution in [0.2, 0.25) is 0 Å². The molecule has 0 unspecified atom stereocenters. The number of nitrogens with zero attached hydrogens (tertiary/aromatic N) is 6. The Morgan fingerprint density at radius 1 is 0.574 bits per heavy atom. The summed E-state index contributed by atoms with van der Waals surface area (Å²) in [6, 6.07) is 29.0. The first-order valence-corrected chi connectivity index (χ1v) is 19.2. The SMILES string of the molecule is Cc1cc2c(cc1N1CCOCC1)ncn2C(=O)CCCc1ccccc1.Cc1cc2ncn(C(=O)CCCc3ccccc3)c2cc1N1CCOCC1. The Balaban J connectivity index is 0.000000167. The summed E-state index contributed by atoms with van der Waals surface area (Å²) in [4.78, 5) is 39.1. The normalized spacial score (nSPS) is 14.6. The van der Waals surface area contributed by atoms with Crippen molar-refractivity contribution in [3.8, 4) is 0 Å². The number of carbonyl (C=O) groups is 2. The minimum absolute atomic E-state index is 0.102. The highest BCUT2D eigenvalue weighted by molar-refractivity contribution is 5.93. The van der Waals surface area contributed by atoms with Crippen molar-refractivity contribution in [2.45, 2.75) is 52.4 Å². The van der Waals surface area contributed by atoms with Crippen molar-refractivity contribution in [1.82, 2.24) is 19.1 Å². The summed E-state index contributed by atoms with van der Waals surface area (Å²) in [5.74, 6) is 0.206. The molecular weight excluding hydrogens is 677 g/mol. The molecule has 2 aliphatic rings. The van der Waals surface area contributed by atoms with Crippen molar-refractivity contribution >= 4 is 45.3 Å². The molecule has 2 aliphatic heterocycles. The van der Waals surface area contributed by atoms with Gasteiger partial charge in [0.2, 0.25) is 11.8 Å². The highest BCUT2D eigenvalue weighted by atomic mass is 16.5. The number of morpholine rings is 2. The van der Waals surface area contributed by atoms with Gasteiger partial charge in [0.15, 0.2) is 0 Å². The number of ether oxygens (including phenoxy) is 2. The Bertz CT molecular complexity index is 2170. The molecule has 2 saturated heterocycles. The molecule has 0 spiro atoms. The van der Waals surface area contributed by atoms with E-state index in [4.69, 9.17) is 9.47 Å². The number of benzene rings is 4. The molecule has 0 aliphatic carbocycles. The lowest BCUT2D eigenvalue weighted by Gasteiger charge is -2.30. The number of hydrogen-bond donors (Lipinski definition) is 0. The van der Waals surface area contributed by atoms with E-state index < -0.39 is 0 Å². The number of aromatic nitrogens is 4. The van der Waals surface area contributed by atoms with Crippen LogP contribution in [0.1, 0.15) is 57.5 Å². The Morgan fingerprint density at radius 3 is 1.50 bits per heavy atom. The molecule has 0 saturated carbocycles. The Labute approximate surface area is 317 Å². The van der Waals surface area contributed by atoms with Gasteiger partial charge in [-0.3, -0.25) is 18.7 Å². The first-order valence-electron chi connectivity index (χ1n) is 19.2. The van der Waals surface area contributed by atoms with Gasteiger partial charge in [-0.05, 0) is 86.1 Å². The largest absolute Gasteiger partial charge is 0.378 e. The molecular formula is C44H50N6O4. The van der Waals surface area contributed by atoms with Crippen molar-refractivity contribution in [1.29, 1.82) is 0 Å². The van der Waals surface area contributed by atoms with Gasteiger partial charge in [0, 0.05) is 50.4 Å². The van der Waals surface area contributed by atoms with E-state index in [9.17, 15) is 9.59 Å². The van der Waals surface area contributed by atoms with Gasteiger partial charge in [-0.2, -0.15) is 0 Å². The number of imidazole rings is 2. The van der Waals surface area contributed by atoms with Gasteiger partial charge in [-0.15, -0.1) is 0 Å². The summed E-state index contributed by atoms with van der Waals surface area (Å²) in [5, 5.41) is 0. The summed E-state index contributed by atoms with van der Waals surface area (Å²) in [6.07, 6.45) is 7.87. The van der Waals surface area contributed by atoms with Gasteiger partial charge in [-0.1, -0.05) is 60.7 Å². The molecule has 4 heterocycles. The molecule has 0 bridgehead atoms. The lowest BCUT2D eigenvalue weighted by molar-refractivity contribution is 0.0896. The van der Waals surface area contributed by atoms with Gasteiger partial charge in [0.05, 0.1) is 48.5 Å². The van der Waals surface area contributed by atoms with E-state index in [1.807, 2.05) is 36.4 Å². The molecule has 54 heavy (non-hydrogen) atoms. The van der Waals surface area contributed by atoms with Crippen molar-refractivity contribution in [2.75, 3.05) is 62.4 Å². The average molecular weight is 727 g/mol. The summed E-state index contributed by atoms with van der Waals surface area (Å²) >= 11 is 0. The van der Waals surface area contributed by atoms with Crippen molar-refractivity contribution in [3.63, 3.8) is 0 Å². The molecule has 0 atom stereocenters. The fourth-order valence-electron chi connectivity index (χ4n) is 7.40. The topological polar surface area (TPSA) is 94.7 Å². The third-order valence-electron chi connectivity index (χ3n) is 10.4. The number of fused-ring (bicyclic) bond motifs is 2. The summed E-state index contributed by atoms with van der Waals surface area (Å²) in [5.41, 5.74) is 10.8. The summed E-state index contributed by atoms with van der Waals surface area (Å²) in [7, 11) is 0. The van der Waals surface area contributed by atoms with Gasteiger partial charge in [-0.25, -0.2) is 9.97 Å². The van der Waals surface area contributed by atoms with E-state index >= 15 is 0 Å². The average Bonchev–Trinajstić information content (AvgIpc) is 3.82. The van der Waals surface area contributed by atoms with Crippen LogP contribution >= 0.6 is 0 Å². The third-order valence-corrected chi connectivity index (χ3v) is 10.4. The number of carbonyl (C=O) groups excluding carboxylic acids is 2. The fourth-order valence-corrected chi connectivity index (χ4v) is 7.40. The van der Waals surface area contributed by atoms with E-state index in [1.54, 1.807) is 21.8 Å². The van der Waals surface area contributed by atoms with Gasteiger partial charge in [0.1, 0.15) is 12.7 Å². The zero-order valence-corrected chi connectivity index (χ0v) is 31.5. The second-order valence-electron chi connectivity index (χ2n) is 14.1. The van der Waals surface area contributed by atoms with E-state index in [0.717, 1.165) is 100 Å². The predicted molar refractivity (Wildman–Crippen MR) is 215 cm³/mol. The molecule has 4 aromatic carbocycles. The predicted octanol–water partition coefficient (Wildman–Crippen LogP) is 7.69. The second kappa shape index (κ2) is 17.7. The van der Waals surface area contributed by atoms with Gasteiger partial charge in [0.25, 0.3) is 0 Å². The van der Waals surface area contributed by atoms with Crippen LogP contribution < -0.4 is 9.80 Å². The van der Waals surface area contributed by atoms with Crippen LogP contribution in [0, 0.1) is 13.8 Å². The number of anilines is 2. The maximum Gasteiger partial charge on any atom is 0.232 e. The molecule has 2 fully saturated rings. The fraction of sp³-hybridized carbons (Fsp3) is 0.364. The molecule has 0 N–H and O–H groups in total. The van der Waals surface area contributed by atoms with Crippen LogP contribution in [0.15, 0.2) is 97.6 Å². The first-order chi connectivity index (χ1) is 26.4. The van der Waals surface area contributed by atoms with Crippen LogP contribution in [0.3, 0.4) is 0 Å². The molecule has 10 heteroatoms. The zero-order valence-electron chi connectivity index (χ0n) is 31.5. The zero-order chi connectivity index (χ0) is 37.3. The van der Waals surface area contributed by atoms with Crippen LogP contribution in [0.25, 0.3) is 22.1 Å². The van der Waals surface area contributed by atoms with Crippen molar-refractivity contribution < 1.29 is 19.1 Å². The minimum Gasteiger partial charge on any atom is -0.378 e. The van der Waals surface area contributed by atoms with Crippen LogP contribution in [-0.2, 0) is 22.3 Å². The molecule has 0 radical (unpaired) electrons. The Morgan fingerprint density at radius 2 is 1.00 bits per heavy atom. The summed E-state index contributed by atoms with van der Waals surface area (Å²) < 4.78 is 14.3. The highest BCUT2D eigenvalue weighted by Crippen LogP contribution is 2.29. The standard InChI is InChI=1S/2C22H25N3O2/c1-17-14-21-19(15-20(17)24-10-12-27-13-11-24)23-16-25(21)22(26)9-5-8-18-6-3-2-4-7-18;1-17-14-19-21(15-20(17)24-10-12-27-13-11-24)25(16-23-19)22(26)9-5-8-18-6-3-2-4-7-18/h2*2-4,6-7,14-16H,5,8-13H2,1H3. The van der Waals surface area contributed by atoms with Crippen LogP contribution in [-0.4, -0.2) is 83.5 Å². The molecule has 0 amide bonds. The van der Waals surface area contributed by atoms with E-state index in [0.29, 0.717) is 12.8 Å². The highest BCUT2D eigenvalue weighted by Gasteiger charge is 2.19. The molecule has 8 rings (SSSR count). The first kappa shape index (κ1) is 37.0. The lowest BCUT2D eigenvalue weighted by atomic mass is 10.1. The minimum atomic E-state index is 0.102. The van der Waals surface area contributed by atoms with Gasteiger partial charge >= 0.3 is 0 Å². The van der Waals surface area contributed by atoms with Gasteiger partial charge < -0.3 is 19.3 Å². The van der Waals surface area contributed by atoms with Crippen molar-refractivity contribution in [3.05, 3.63) is 120 Å². The lowest BCUT2D eigenvalue weighted by Crippen LogP contribution is -2.36. The van der Waals surface area contributed by atoms with Crippen LogP contribution in [0.4, 0.5) is 11.4 Å². The maximum atomic E-state index is 12.8. The maximum absolute atomic E-state index is 12.8. The molecule has 10 nitrogen and oxygen atoms in total. The Hall–Kier alpha value is -5.32. The van der Waals surface area contributed by atoms with E-state index in [-0.39, 0.29) is 11.8 Å². The quantitative estimate of drug-likeness (QED) is 0.142. The number of hydrogen-bond acceptors (Lipinski definition) is 8. The van der Waals surface area contributed by atoms with Crippen molar-refractivity contribution in [2.24, 2.45) is 0 Å². The third kappa shape index (κ3) is 8.89. The molecule has 280 valence electrons. The second-order valence-corrected chi connectivity index (χ2v) is 14.1. The van der Waals surface area contributed by atoms with E-state index in [1.165, 1.54) is 33.6 Å². The number of rotatable bonds is 10. The Kier molecular flexibility index (Phi) is 12.1.